The van der Waals surface area contributed by atoms with E-state index in [9.17, 15) is 8.42 Å². The van der Waals surface area contributed by atoms with Gasteiger partial charge in [-0.1, -0.05) is 31.5 Å². The number of para-hydroxylation sites is 1. The molecule has 0 unspecified atom stereocenters. The normalized spacial score (nSPS) is 11.2. The molecule has 0 aliphatic rings. The standard InChI is InChI=1S/C25H32N4O3S2.ClH/c1-5-6-14-26-22-16-20(18-29(4)24-13-10-15-33-24)17-23(34(30,31)27-19-28(2)3)25(22)32-21-11-8-7-9-12-21;/h7-13,15-17,19,26H,5-6,14,18H2,1-4H3;1H. The van der Waals surface area contributed by atoms with E-state index in [1.54, 1.807) is 48.5 Å². The molecular weight excluding hydrogens is 504 g/mol. The molecule has 0 aliphatic carbocycles. The van der Waals surface area contributed by atoms with Crippen LogP contribution in [-0.2, 0) is 16.6 Å². The molecule has 0 spiro atoms. The number of halogens is 1. The molecule has 0 radical (unpaired) electrons. The zero-order chi connectivity index (χ0) is 24.6. The highest BCUT2D eigenvalue weighted by Crippen LogP contribution is 2.39. The fraction of sp³-hybridized carbons (Fsp3) is 0.320. The first-order valence-electron chi connectivity index (χ1n) is 11.2. The lowest BCUT2D eigenvalue weighted by Gasteiger charge is -2.21. The van der Waals surface area contributed by atoms with Gasteiger partial charge in [0.2, 0.25) is 0 Å². The third-order valence-corrected chi connectivity index (χ3v) is 7.13. The predicted octanol–water partition coefficient (Wildman–Crippen LogP) is 6.09. The first kappa shape index (κ1) is 28.5. The number of rotatable bonds is 12. The average Bonchev–Trinajstić information content (AvgIpc) is 3.35. The van der Waals surface area contributed by atoms with E-state index in [2.05, 4.69) is 21.5 Å². The largest absolute Gasteiger partial charge is 0.454 e. The van der Waals surface area contributed by atoms with Gasteiger partial charge in [-0.15, -0.1) is 28.1 Å². The van der Waals surface area contributed by atoms with Crippen molar-refractivity contribution >= 4 is 50.8 Å². The number of hydrogen-bond donors (Lipinski definition) is 1. The van der Waals surface area contributed by atoms with Crippen molar-refractivity contribution in [1.29, 1.82) is 0 Å². The molecule has 3 rings (SSSR count). The summed E-state index contributed by atoms with van der Waals surface area (Å²) in [6.07, 6.45) is 3.25. The van der Waals surface area contributed by atoms with Gasteiger partial charge in [-0.25, -0.2) is 0 Å². The molecule has 0 fully saturated rings. The van der Waals surface area contributed by atoms with E-state index in [0.717, 1.165) is 23.4 Å². The summed E-state index contributed by atoms with van der Waals surface area (Å²) in [5, 5.41) is 6.51. The van der Waals surface area contributed by atoms with Crippen LogP contribution in [0.3, 0.4) is 0 Å². The van der Waals surface area contributed by atoms with Gasteiger partial charge in [0.25, 0.3) is 10.0 Å². The molecule has 1 heterocycles. The molecule has 7 nitrogen and oxygen atoms in total. The summed E-state index contributed by atoms with van der Waals surface area (Å²) in [7, 11) is 1.42. The first-order chi connectivity index (χ1) is 16.3. The molecule has 1 N–H and O–H groups in total. The number of hydrogen-bond acceptors (Lipinski definition) is 6. The van der Waals surface area contributed by atoms with E-state index in [1.807, 2.05) is 48.8 Å². The molecule has 0 saturated heterocycles. The van der Waals surface area contributed by atoms with Crippen LogP contribution in [0.2, 0.25) is 0 Å². The minimum Gasteiger partial charge on any atom is -0.454 e. The molecule has 1 aromatic heterocycles. The fourth-order valence-electron chi connectivity index (χ4n) is 3.24. The van der Waals surface area contributed by atoms with Crippen LogP contribution in [0, 0.1) is 0 Å². The van der Waals surface area contributed by atoms with Gasteiger partial charge in [0, 0.05) is 34.2 Å². The minimum atomic E-state index is -4.02. The van der Waals surface area contributed by atoms with Crippen molar-refractivity contribution in [3.05, 3.63) is 65.5 Å². The topological polar surface area (TPSA) is 74.2 Å². The lowest BCUT2D eigenvalue weighted by molar-refractivity contribution is 0.469. The number of nitrogens with zero attached hydrogens (tertiary/aromatic N) is 3. The van der Waals surface area contributed by atoms with Gasteiger partial charge >= 0.3 is 0 Å². The Bertz CT molecular complexity index is 1180. The zero-order valence-electron chi connectivity index (χ0n) is 20.5. The maximum atomic E-state index is 13.4. The molecular formula is C25H33ClN4O3S2. The molecule has 0 aliphatic heterocycles. The van der Waals surface area contributed by atoms with Crippen LogP contribution in [0.15, 0.2) is 69.3 Å². The summed E-state index contributed by atoms with van der Waals surface area (Å²) in [5.41, 5.74) is 1.47. The van der Waals surface area contributed by atoms with Crippen LogP contribution in [-0.4, -0.2) is 47.3 Å². The number of anilines is 2. The van der Waals surface area contributed by atoms with Crippen LogP contribution >= 0.6 is 23.7 Å². The van der Waals surface area contributed by atoms with Crippen molar-refractivity contribution in [3.8, 4) is 11.5 Å². The van der Waals surface area contributed by atoms with Crippen molar-refractivity contribution in [2.75, 3.05) is 37.9 Å². The zero-order valence-corrected chi connectivity index (χ0v) is 22.9. The number of sulfonamides is 1. The van der Waals surface area contributed by atoms with Gasteiger partial charge in [-0.05, 0) is 53.8 Å². The predicted molar refractivity (Wildman–Crippen MR) is 149 cm³/mol. The molecule has 10 heteroatoms. The number of thiophene rings is 1. The Labute approximate surface area is 218 Å². The summed E-state index contributed by atoms with van der Waals surface area (Å²) in [4.78, 5) is 3.71. The summed E-state index contributed by atoms with van der Waals surface area (Å²) in [6.45, 7) is 3.35. The third kappa shape index (κ3) is 8.16. The summed E-state index contributed by atoms with van der Waals surface area (Å²) < 4.78 is 36.8. The SMILES string of the molecule is CCCCNc1cc(CN(C)c2cccs2)cc(S(=O)(=O)N=CN(C)C)c1Oc1ccccc1.Cl. The lowest BCUT2D eigenvalue weighted by Crippen LogP contribution is -2.16. The van der Waals surface area contributed by atoms with E-state index in [4.69, 9.17) is 4.74 Å². The third-order valence-electron chi connectivity index (χ3n) is 4.92. The van der Waals surface area contributed by atoms with E-state index < -0.39 is 10.0 Å². The van der Waals surface area contributed by atoms with E-state index in [0.29, 0.717) is 24.5 Å². The van der Waals surface area contributed by atoms with Gasteiger partial charge in [-0.3, -0.25) is 0 Å². The van der Waals surface area contributed by atoms with Crippen LogP contribution in [0.1, 0.15) is 25.3 Å². The molecule has 2 aromatic carbocycles. The second-order valence-electron chi connectivity index (χ2n) is 8.13. The smallest absolute Gasteiger partial charge is 0.287 e. The van der Waals surface area contributed by atoms with Crippen molar-refractivity contribution in [2.24, 2.45) is 4.40 Å². The molecule has 0 atom stereocenters. The van der Waals surface area contributed by atoms with E-state index in [-0.39, 0.29) is 23.1 Å². The van der Waals surface area contributed by atoms with Crippen molar-refractivity contribution in [3.63, 3.8) is 0 Å². The highest BCUT2D eigenvalue weighted by molar-refractivity contribution is 7.90. The maximum Gasteiger partial charge on any atom is 0.287 e. The Hall–Kier alpha value is -2.75. The van der Waals surface area contributed by atoms with Crippen LogP contribution in [0.25, 0.3) is 0 Å². The van der Waals surface area contributed by atoms with Gasteiger partial charge in [-0.2, -0.15) is 8.42 Å². The summed E-state index contributed by atoms with van der Waals surface area (Å²) >= 11 is 1.64. The lowest BCUT2D eigenvalue weighted by atomic mass is 10.1. The first-order valence-corrected chi connectivity index (χ1v) is 13.5. The number of nitrogens with one attached hydrogen (secondary N) is 1. The van der Waals surface area contributed by atoms with Gasteiger partial charge in [0.15, 0.2) is 5.75 Å². The Morgan fingerprint density at radius 3 is 2.46 bits per heavy atom. The Kier molecular flexibility index (Phi) is 10.9. The Balaban J connectivity index is 0.00000432. The monoisotopic (exact) mass is 536 g/mol. The van der Waals surface area contributed by atoms with E-state index >= 15 is 0 Å². The second kappa shape index (κ2) is 13.4. The van der Waals surface area contributed by atoms with Crippen LogP contribution in [0.4, 0.5) is 10.7 Å². The quantitative estimate of drug-likeness (QED) is 0.171. The number of benzene rings is 2. The molecule has 190 valence electrons. The number of ether oxygens (including phenoxy) is 1. The summed E-state index contributed by atoms with van der Waals surface area (Å²) in [6, 6.07) is 16.8. The minimum absolute atomic E-state index is 0. The second-order valence-corrected chi connectivity index (χ2v) is 10.7. The van der Waals surface area contributed by atoms with Crippen LogP contribution in [0.5, 0.6) is 11.5 Å². The van der Waals surface area contributed by atoms with E-state index in [1.165, 1.54) is 6.34 Å². The molecule has 3 aromatic rings. The van der Waals surface area contributed by atoms with Gasteiger partial charge in [0.1, 0.15) is 17.0 Å². The molecule has 0 saturated carbocycles. The highest BCUT2D eigenvalue weighted by atomic mass is 35.5. The fourth-order valence-corrected chi connectivity index (χ4v) is 5.05. The average molecular weight is 537 g/mol. The Morgan fingerprint density at radius 2 is 1.83 bits per heavy atom. The highest BCUT2D eigenvalue weighted by Gasteiger charge is 2.24. The summed E-state index contributed by atoms with van der Waals surface area (Å²) in [5.74, 6) is 0.804. The van der Waals surface area contributed by atoms with Gasteiger partial charge in [0.05, 0.1) is 10.7 Å². The molecule has 0 amide bonds. The van der Waals surface area contributed by atoms with Crippen molar-refractivity contribution in [1.82, 2.24) is 4.90 Å². The van der Waals surface area contributed by atoms with Crippen molar-refractivity contribution in [2.45, 2.75) is 31.2 Å². The molecule has 35 heavy (non-hydrogen) atoms. The Morgan fingerprint density at radius 1 is 1.09 bits per heavy atom. The van der Waals surface area contributed by atoms with Crippen LogP contribution < -0.4 is 15.0 Å². The van der Waals surface area contributed by atoms with Gasteiger partial charge < -0.3 is 19.9 Å². The maximum absolute atomic E-state index is 13.4. The van der Waals surface area contributed by atoms with Crippen molar-refractivity contribution < 1.29 is 13.2 Å². The molecule has 0 bridgehead atoms. The number of unbranched alkanes of at least 4 members (excludes halogenated alkanes) is 1.